The number of hydrogen-bond donors (Lipinski definition) is 1. The van der Waals surface area contributed by atoms with Gasteiger partial charge in [0, 0.05) is 7.05 Å². The summed E-state index contributed by atoms with van der Waals surface area (Å²) in [6.07, 6.45) is 2.03. The van der Waals surface area contributed by atoms with Crippen molar-refractivity contribution >= 4 is 17.7 Å². The number of nitrogens with zero attached hydrogens (tertiary/aromatic N) is 2. The minimum absolute atomic E-state index is 0.0712. The largest absolute Gasteiger partial charge is 0.413 e. The summed E-state index contributed by atoms with van der Waals surface area (Å²) in [5.74, 6) is 0.0712. The van der Waals surface area contributed by atoms with E-state index in [1.807, 2.05) is 0 Å². The molecule has 0 aromatic carbocycles. The normalized spacial score (nSPS) is 9.17. The van der Waals surface area contributed by atoms with Crippen molar-refractivity contribution < 1.29 is 9.53 Å². The Kier molecular flexibility index (Phi) is 2.82. The molecule has 1 amide bonds. The summed E-state index contributed by atoms with van der Waals surface area (Å²) in [4.78, 5) is 18.0. The molecule has 0 aliphatic heterocycles. The van der Waals surface area contributed by atoms with Crippen LogP contribution in [0.15, 0.2) is 12.4 Å². The number of carbonyl (C=O) groups is 1. The van der Waals surface area contributed by atoms with Crippen molar-refractivity contribution in [2.45, 2.75) is 0 Å². The zero-order chi connectivity index (χ0) is 8.97. The third-order valence-corrected chi connectivity index (χ3v) is 1.17. The van der Waals surface area contributed by atoms with Crippen molar-refractivity contribution in [3.05, 3.63) is 17.5 Å². The Balaban J connectivity index is 2.69. The van der Waals surface area contributed by atoms with E-state index in [0.29, 0.717) is 0 Å². The second-order valence-electron chi connectivity index (χ2n) is 1.82. The molecule has 64 valence electrons. The Morgan fingerprint density at radius 3 is 3.00 bits per heavy atom. The molecule has 0 aliphatic carbocycles. The first-order valence-corrected chi connectivity index (χ1v) is 3.47. The summed E-state index contributed by atoms with van der Waals surface area (Å²) in [5.41, 5.74) is 0. The van der Waals surface area contributed by atoms with Gasteiger partial charge in [0.1, 0.15) is 0 Å². The van der Waals surface area contributed by atoms with Gasteiger partial charge in [0.25, 0.3) is 0 Å². The first-order chi connectivity index (χ1) is 5.72. The van der Waals surface area contributed by atoms with Crippen LogP contribution in [0.4, 0.5) is 4.79 Å². The lowest BCUT2D eigenvalue weighted by Gasteiger charge is -2.00. The van der Waals surface area contributed by atoms with Crippen LogP contribution in [0.25, 0.3) is 0 Å². The Morgan fingerprint density at radius 1 is 1.67 bits per heavy atom. The minimum Gasteiger partial charge on any atom is -0.390 e. The average Bonchev–Trinajstić information content (AvgIpc) is 2.04. The van der Waals surface area contributed by atoms with Crippen molar-refractivity contribution in [2.24, 2.45) is 0 Å². The molecule has 0 aliphatic rings. The number of halogens is 1. The molecule has 12 heavy (non-hydrogen) atoms. The molecule has 0 radical (unpaired) electrons. The molecule has 0 unspecified atom stereocenters. The molecular weight excluding hydrogens is 182 g/mol. The molecular formula is C6H6ClN3O2. The molecule has 1 N–H and O–H groups in total. The van der Waals surface area contributed by atoms with Crippen molar-refractivity contribution in [1.29, 1.82) is 0 Å². The van der Waals surface area contributed by atoms with Gasteiger partial charge in [-0.25, -0.2) is 4.79 Å². The fourth-order valence-corrected chi connectivity index (χ4v) is 0.660. The summed E-state index contributed by atoms with van der Waals surface area (Å²) >= 11 is 5.49. The maximum absolute atomic E-state index is 10.6. The molecule has 0 spiro atoms. The van der Waals surface area contributed by atoms with Crippen LogP contribution in [0.1, 0.15) is 0 Å². The van der Waals surface area contributed by atoms with Gasteiger partial charge in [0.15, 0.2) is 5.15 Å². The van der Waals surface area contributed by atoms with E-state index in [-0.39, 0.29) is 11.0 Å². The maximum atomic E-state index is 10.6. The molecule has 1 aromatic heterocycles. The summed E-state index contributed by atoms with van der Waals surface area (Å²) in [6, 6.07) is 0. The van der Waals surface area contributed by atoms with Crippen LogP contribution in [-0.4, -0.2) is 23.1 Å². The highest BCUT2D eigenvalue weighted by Gasteiger charge is 2.02. The Bertz CT molecular complexity index is 292. The Hall–Kier alpha value is -1.36. The fraction of sp³-hybridized carbons (Fsp3) is 0.167. The number of carbonyl (C=O) groups excluding carboxylic acids is 1. The van der Waals surface area contributed by atoms with Gasteiger partial charge in [-0.05, 0) is 0 Å². The predicted octanol–water partition coefficient (Wildman–Crippen LogP) is 0.848. The molecule has 0 saturated carbocycles. The van der Waals surface area contributed by atoms with Gasteiger partial charge >= 0.3 is 6.09 Å². The molecule has 5 nitrogen and oxygen atoms in total. The van der Waals surface area contributed by atoms with E-state index in [0.717, 1.165) is 0 Å². The highest BCUT2D eigenvalue weighted by Crippen LogP contribution is 2.08. The van der Waals surface area contributed by atoms with Gasteiger partial charge in [-0.15, -0.1) is 0 Å². The molecule has 0 bridgehead atoms. The van der Waals surface area contributed by atoms with Crippen LogP contribution in [0.2, 0.25) is 5.15 Å². The van der Waals surface area contributed by atoms with Crippen molar-refractivity contribution in [3.8, 4) is 5.88 Å². The highest BCUT2D eigenvalue weighted by atomic mass is 35.5. The van der Waals surface area contributed by atoms with Gasteiger partial charge in [-0.3, -0.25) is 4.98 Å². The molecule has 1 aromatic rings. The van der Waals surface area contributed by atoms with E-state index in [4.69, 9.17) is 11.6 Å². The first-order valence-electron chi connectivity index (χ1n) is 3.09. The van der Waals surface area contributed by atoms with E-state index < -0.39 is 6.09 Å². The quantitative estimate of drug-likeness (QED) is 0.708. The Labute approximate surface area is 73.7 Å². The van der Waals surface area contributed by atoms with Gasteiger partial charge in [-0.1, -0.05) is 11.6 Å². The first kappa shape index (κ1) is 8.73. The molecule has 0 atom stereocenters. The standard InChI is InChI=1S/C6H6ClN3O2/c1-8-6(11)12-5-3-9-2-4(7)10-5/h2-3H,1H3,(H,8,11). The zero-order valence-corrected chi connectivity index (χ0v) is 7.00. The van der Waals surface area contributed by atoms with E-state index in [9.17, 15) is 4.79 Å². The van der Waals surface area contributed by atoms with Crippen LogP contribution < -0.4 is 10.1 Å². The number of amides is 1. The van der Waals surface area contributed by atoms with E-state index in [1.165, 1.54) is 19.4 Å². The van der Waals surface area contributed by atoms with Gasteiger partial charge < -0.3 is 10.1 Å². The zero-order valence-electron chi connectivity index (χ0n) is 6.24. The fourth-order valence-electron chi connectivity index (χ4n) is 0.521. The average molecular weight is 188 g/mol. The summed E-state index contributed by atoms with van der Waals surface area (Å²) < 4.78 is 4.64. The second kappa shape index (κ2) is 3.87. The number of aromatic nitrogens is 2. The van der Waals surface area contributed by atoms with Gasteiger partial charge in [0.05, 0.1) is 12.4 Å². The predicted molar refractivity (Wildman–Crippen MR) is 42.1 cm³/mol. The minimum atomic E-state index is -0.605. The monoisotopic (exact) mass is 187 g/mol. The molecule has 0 fully saturated rings. The summed E-state index contributed by atoms with van der Waals surface area (Å²) in [7, 11) is 1.44. The Morgan fingerprint density at radius 2 is 2.42 bits per heavy atom. The number of rotatable bonds is 1. The van der Waals surface area contributed by atoms with Gasteiger partial charge in [0.2, 0.25) is 5.88 Å². The lowest BCUT2D eigenvalue weighted by atomic mass is 10.7. The van der Waals surface area contributed by atoms with Crippen LogP contribution >= 0.6 is 11.6 Å². The topological polar surface area (TPSA) is 64.1 Å². The van der Waals surface area contributed by atoms with Crippen molar-refractivity contribution in [3.63, 3.8) is 0 Å². The number of nitrogens with one attached hydrogen (secondary N) is 1. The summed E-state index contributed by atoms with van der Waals surface area (Å²) in [5, 5.41) is 2.44. The maximum Gasteiger partial charge on any atom is 0.413 e. The molecule has 6 heteroatoms. The highest BCUT2D eigenvalue weighted by molar-refractivity contribution is 6.29. The molecule has 1 rings (SSSR count). The SMILES string of the molecule is CNC(=O)Oc1cncc(Cl)n1. The second-order valence-corrected chi connectivity index (χ2v) is 2.21. The van der Waals surface area contributed by atoms with Crippen LogP contribution in [0.3, 0.4) is 0 Å². The van der Waals surface area contributed by atoms with E-state index >= 15 is 0 Å². The van der Waals surface area contributed by atoms with Gasteiger partial charge in [-0.2, -0.15) is 4.98 Å². The molecule has 0 saturated heterocycles. The lowest BCUT2D eigenvalue weighted by Crippen LogP contribution is -2.22. The van der Waals surface area contributed by atoms with E-state index in [1.54, 1.807) is 0 Å². The third kappa shape index (κ3) is 2.35. The van der Waals surface area contributed by atoms with Crippen LogP contribution in [0, 0.1) is 0 Å². The number of ether oxygens (including phenoxy) is 1. The third-order valence-electron chi connectivity index (χ3n) is 0.984. The number of hydrogen-bond acceptors (Lipinski definition) is 4. The van der Waals surface area contributed by atoms with Crippen molar-refractivity contribution in [2.75, 3.05) is 7.05 Å². The van der Waals surface area contributed by atoms with E-state index in [2.05, 4.69) is 20.0 Å². The molecule has 1 heterocycles. The van der Waals surface area contributed by atoms with Crippen LogP contribution in [0.5, 0.6) is 5.88 Å². The van der Waals surface area contributed by atoms with Crippen molar-refractivity contribution in [1.82, 2.24) is 15.3 Å². The lowest BCUT2D eigenvalue weighted by molar-refractivity contribution is 0.201. The summed E-state index contributed by atoms with van der Waals surface area (Å²) in [6.45, 7) is 0. The smallest absolute Gasteiger partial charge is 0.390 e. The van der Waals surface area contributed by atoms with Crippen LogP contribution in [-0.2, 0) is 0 Å².